The van der Waals surface area contributed by atoms with E-state index in [0.717, 1.165) is 12.0 Å². The minimum Gasteiger partial charge on any atom is -0.268 e. The number of nitrogens with two attached hydrogens (primary N) is 1. The Hall–Kier alpha value is -0.0800. The molecule has 13 heavy (non-hydrogen) atoms. The lowest BCUT2D eigenvalue weighted by Gasteiger charge is -2.29. The van der Waals surface area contributed by atoms with Gasteiger partial charge >= 0.3 is 0 Å². The molecule has 2 aliphatic rings. The summed E-state index contributed by atoms with van der Waals surface area (Å²) in [4.78, 5) is 0. The molecule has 1 aliphatic heterocycles. The summed E-state index contributed by atoms with van der Waals surface area (Å²) in [6.45, 7) is 6.25. The van der Waals surface area contributed by atoms with Gasteiger partial charge in [-0.05, 0) is 32.1 Å². The van der Waals surface area contributed by atoms with Gasteiger partial charge in [0, 0.05) is 12.1 Å². The normalized spacial score (nSPS) is 39.2. The van der Waals surface area contributed by atoms with Gasteiger partial charge in [-0.25, -0.2) is 5.01 Å². The molecule has 2 rings (SSSR count). The van der Waals surface area contributed by atoms with Crippen molar-refractivity contribution in [3.8, 4) is 0 Å². The van der Waals surface area contributed by atoms with Gasteiger partial charge in [-0.1, -0.05) is 26.7 Å². The number of nitrogens with zero attached hydrogens (tertiary/aromatic N) is 1. The number of hydrogen-bond donors (Lipinski definition) is 1. The zero-order valence-electron chi connectivity index (χ0n) is 9.29. The molecular weight excluding hydrogens is 160 g/mol. The largest absolute Gasteiger partial charge is 0.268 e. The first-order valence-corrected chi connectivity index (χ1v) is 5.82. The first-order valence-electron chi connectivity index (χ1n) is 5.82. The average Bonchev–Trinajstić information content (AvgIpc) is 2.47. The van der Waals surface area contributed by atoms with Crippen LogP contribution in [-0.2, 0) is 0 Å². The predicted octanol–water partition coefficient (Wildman–Crippen LogP) is 2.54. The van der Waals surface area contributed by atoms with E-state index in [1.807, 2.05) is 13.8 Å². The van der Waals surface area contributed by atoms with Crippen molar-refractivity contribution in [1.82, 2.24) is 5.01 Å². The van der Waals surface area contributed by atoms with E-state index >= 15 is 0 Å². The molecule has 0 aromatic rings. The van der Waals surface area contributed by atoms with Crippen LogP contribution in [0.15, 0.2) is 0 Å². The molecule has 3 atom stereocenters. The van der Waals surface area contributed by atoms with Crippen LogP contribution in [0.5, 0.6) is 0 Å². The topological polar surface area (TPSA) is 29.3 Å². The standard InChI is InChI=1S/C9H18N2.C2H6/c1-7-6-8-4-2-3-5-9(8)11(7)10;1-2/h7-9H,2-6,10H2,1H3;1-2H3. The van der Waals surface area contributed by atoms with E-state index in [1.54, 1.807) is 0 Å². The van der Waals surface area contributed by atoms with E-state index in [9.17, 15) is 0 Å². The van der Waals surface area contributed by atoms with Crippen molar-refractivity contribution in [2.75, 3.05) is 0 Å². The van der Waals surface area contributed by atoms with Crippen molar-refractivity contribution in [2.45, 2.75) is 65.0 Å². The molecule has 0 aromatic heterocycles. The predicted molar refractivity (Wildman–Crippen MR) is 57.2 cm³/mol. The van der Waals surface area contributed by atoms with Crippen LogP contribution in [0.1, 0.15) is 52.9 Å². The Kier molecular flexibility index (Phi) is 4.20. The zero-order valence-corrected chi connectivity index (χ0v) is 9.29. The summed E-state index contributed by atoms with van der Waals surface area (Å²) in [5, 5.41) is 2.10. The molecule has 0 spiro atoms. The molecule has 78 valence electrons. The summed E-state index contributed by atoms with van der Waals surface area (Å²) in [6, 6.07) is 1.35. The average molecular weight is 184 g/mol. The third kappa shape index (κ3) is 2.23. The Bertz CT molecular complexity index is 147. The van der Waals surface area contributed by atoms with E-state index in [2.05, 4.69) is 11.9 Å². The molecule has 2 heteroatoms. The van der Waals surface area contributed by atoms with Gasteiger partial charge in [0.05, 0.1) is 0 Å². The van der Waals surface area contributed by atoms with Crippen molar-refractivity contribution >= 4 is 0 Å². The summed E-state index contributed by atoms with van der Waals surface area (Å²) < 4.78 is 0. The van der Waals surface area contributed by atoms with Crippen LogP contribution in [0.2, 0.25) is 0 Å². The third-order valence-corrected chi connectivity index (χ3v) is 3.40. The quantitative estimate of drug-likeness (QED) is 0.586. The lowest BCUT2D eigenvalue weighted by Crippen LogP contribution is -2.42. The highest BCUT2D eigenvalue weighted by Gasteiger charge is 2.38. The first kappa shape index (κ1) is 11.0. The Morgan fingerprint density at radius 2 is 1.77 bits per heavy atom. The minimum atomic E-state index is 0.628. The van der Waals surface area contributed by atoms with Crippen LogP contribution in [0, 0.1) is 5.92 Å². The van der Waals surface area contributed by atoms with Gasteiger partial charge in [-0.3, -0.25) is 5.84 Å². The fraction of sp³-hybridized carbons (Fsp3) is 1.00. The highest BCUT2D eigenvalue weighted by molar-refractivity contribution is 4.91. The molecule has 0 amide bonds. The maximum Gasteiger partial charge on any atom is 0.0272 e. The first-order chi connectivity index (χ1) is 6.29. The Morgan fingerprint density at radius 3 is 2.38 bits per heavy atom. The van der Waals surface area contributed by atoms with Gasteiger partial charge in [0.15, 0.2) is 0 Å². The zero-order chi connectivity index (χ0) is 9.84. The fourth-order valence-corrected chi connectivity index (χ4v) is 2.74. The number of hydrazine groups is 1. The van der Waals surface area contributed by atoms with Crippen molar-refractivity contribution < 1.29 is 0 Å². The minimum absolute atomic E-state index is 0.628. The second-order valence-electron chi connectivity index (χ2n) is 4.14. The van der Waals surface area contributed by atoms with E-state index in [0.29, 0.717) is 6.04 Å². The van der Waals surface area contributed by atoms with Crippen molar-refractivity contribution in [3.63, 3.8) is 0 Å². The number of hydrogen-bond acceptors (Lipinski definition) is 2. The Labute approximate surface area is 82.5 Å². The smallest absolute Gasteiger partial charge is 0.0272 e. The maximum absolute atomic E-state index is 5.97. The van der Waals surface area contributed by atoms with Gasteiger partial charge in [-0.2, -0.15) is 0 Å². The summed E-state index contributed by atoms with van der Waals surface area (Å²) in [6.07, 6.45) is 6.92. The molecule has 1 saturated carbocycles. The summed E-state index contributed by atoms with van der Waals surface area (Å²) in [7, 11) is 0. The lowest BCUT2D eigenvalue weighted by atomic mass is 9.85. The molecule has 1 saturated heterocycles. The molecule has 1 heterocycles. The van der Waals surface area contributed by atoms with Gasteiger partial charge in [-0.15, -0.1) is 0 Å². The van der Waals surface area contributed by atoms with Crippen LogP contribution in [0.25, 0.3) is 0 Å². The van der Waals surface area contributed by atoms with Crippen LogP contribution in [0.4, 0.5) is 0 Å². The molecule has 2 N–H and O–H groups in total. The second-order valence-corrected chi connectivity index (χ2v) is 4.14. The highest BCUT2D eigenvalue weighted by atomic mass is 15.4. The summed E-state index contributed by atoms with van der Waals surface area (Å²) in [5.41, 5.74) is 0. The van der Waals surface area contributed by atoms with Crippen molar-refractivity contribution in [2.24, 2.45) is 11.8 Å². The molecule has 2 nitrogen and oxygen atoms in total. The maximum atomic E-state index is 5.97. The molecule has 0 bridgehead atoms. The van der Waals surface area contributed by atoms with E-state index in [1.165, 1.54) is 32.1 Å². The molecular formula is C11H24N2. The van der Waals surface area contributed by atoms with Crippen LogP contribution < -0.4 is 5.84 Å². The van der Waals surface area contributed by atoms with Crippen molar-refractivity contribution in [3.05, 3.63) is 0 Å². The van der Waals surface area contributed by atoms with Gasteiger partial charge in [0.1, 0.15) is 0 Å². The Balaban J connectivity index is 0.000000396. The van der Waals surface area contributed by atoms with Crippen LogP contribution >= 0.6 is 0 Å². The fourth-order valence-electron chi connectivity index (χ4n) is 2.74. The molecule has 0 aromatic carbocycles. The van der Waals surface area contributed by atoms with Crippen molar-refractivity contribution in [1.29, 1.82) is 0 Å². The van der Waals surface area contributed by atoms with E-state index < -0.39 is 0 Å². The second kappa shape index (κ2) is 4.97. The Morgan fingerprint density at radius 1 is 1.15 bits per heavy atom. The molecule has 2 fully saturated rings. The van der Waals surface area contributed by atoms with Gasteiger partial charge in [0.2, 0.25) is 0 Å². The number of fused-ring (bicyclic) bond motifs is 1. The van der Waals surface area contributed by atoms with Crippen LogP contribution in [-0.4, -0.2) is 17.1 Å². The number of rotatable bonds is 0. The molecule has 1 aliphatic carbocycles. The molecule has 3 unspecified atom stereocenters. The third-order valence-electron chi connectivity index (χ3n) is 3.40. The van der Waals surface area contributed by atoms with Gasteiger partial charge < -0.3 is 0 Å². The monoisotopic (exact) mass is 184 g/mol. The van der Waals surface area contributed by atoms with Gasteiger partial charge in [0.25, 0.3) is 0 Å². The van der Waals surface area contributed by atoms with Crippen LogP contribution in [0.3, 0.4) is 0 Å². The van der Waals surface area contributed by atoms with E-state index in [-0.39, 0.29) is 0 Å². The lowest BCUT2D eigenvalue weighted by molar-refractivity contribution is 0.159. The highest BCUT2D eigenvalue weighted by Crippen LogP contribution is 2.37. The molecule has 0 radical (unpaired) electrons. The van der Waals surface area contributed by atoms with E-state index in [4.69, 9.17) is 5.84 Å². The summed E-state index contributed by atoms with van der Waals surface area (Å²) >= 11 is 0. The summed E-state index contributed by atoms with van der Waals surface area (Å²) in [5.74, 6) is 6.89. The SMILES string of the molecule is CC.CC1CC2CCCCC2N1N.